The Kier molecular flexibility index (Phi) is 5.77. The first-order chi connectivity index (χ1) is 11.0. The molecule has 1 amide bonds. The number of esters is 1. The number of nitrogens with one attached hydrogen (secondary N) is 2. The minimum atomic E-state index is -0.621. The van der Waals surface area contributed by atoms with Crippen molar-refractivity contribution in [2.24, 2.45) is 5.92 Å². The number of hydrogen-bond acceptors (Lipinski definition) is 4. The maximum absolute atomic E-state index is 12.8. The Bertz CT molecular complexity index is 544. The summed E-state index contributed by atoms with van der Waals surface area (Å²) in [5.41, 5.74) is 1.81. The molecule has 23 heavy (non-hydrogen) atoms. The lowest BCUT2D eigenvalue weighted by atomic mass is 9.93. The zero-order chi connectivity index (χ0) is 16.9. The van der Waals surface area contributed by atoms with Gasteiger partial charge in [-0.3, -0.25) is 9.59 Å². The van der Waals surface area contributed by atoms with Crippen LogP contribution in [0.4, 0.5) is 0 Å². The SMILES string of the molecule is COC(=O)CCNC(=O)C1(NCC(C)C)Cc2ccccc2C1. The van der Waals surface area contributed by atoms with Gasteiger partial charge in [-0.05, 0) is 23.6 Å². The van der Waals surface area contributed by atoms with E-state index in [1.54, 1.807) is 0 Å². The molecular weight excluding hydrogens is 292 g/mol. The number of carbonyl (C=O) groups is 2. The van der Waals surface area contributed by atoms with Crippen molar-refractivity contribution in [3.8, 4) is 0 Å². The fourth-order valence-corrected chi connectivity index (χ4v) is 2.93. The monoisotopic (exact) mass is 318 g/mol. The van der Waals surface area contributed by atoms with Crippen LogP contribution in [0.15, 0.2) is 24.3 Å². The number of carbonyl (C=O) groups excluding carboxylic acids is 2. The average Bonchev–Trinajstić information content (AvgIpc) is 2.92. The highest BCUT2D eigenvalue weighted by molar-refractivity contribution is 5.88. The van der Waals surface area contributed by atoms with Crippen LogP contribution in [0.1, 0.15) is 31.4 Å². The van der Waals surface area contributed by atoms with E-state index in [4.69, 9.17) is 0 Å². The van der Waals surface area contributed by atoms with Crippen molar-refractivity contribution in [1.29, 1.82) is 0 Å². The second-order valence-electron chi connectivity index (χ2n) is 6.56. The summed E-state index contributed by atoms with van der Waals surface area (Å²) in [5.74, 6) is 0.0981. The van der Waals surface area contributed by atoms with Crippen molar-refractivity contribution in [3.05, 3.63) is 35.4 Å². The predicted molar refractivity (Wildman–Crippen MR) is 89.1 cm³/mol. The van der Waals surface area contributed by atoms with Gasteiger partial charge in [0.15, 0.2) is 0 Å². The van der Waals surface area contributed by atoms with Crippen LogP contribution < -0.4 is 10.6 Å². The van der Waals surface area contributed by atoms with Gasteiger partial charge in [0.1, 0.15) is 5.54 Å². The fraction of sp³-hybridized carbons (Fsp3) is 0.556. The van der Waals surface area contributed by atoms with Crippen LogP contribution in [0, 0.1) is 5.92 Å². The summed E-state index contributed by atoms with van der Waals surface area (Å²) in [6.45, 7) is 5.32. The van der Waals surface area contributed by atoms with Gasteiger partial charge >= 0.3 is 5.97 Å². The van der Waals surface area contributed by atoms with Crippen LogP contribution in [0.5, 0.6) is 0 Å². The van der Waals surface area contributed by atoms with Crippen molar-refractivity contribution in [2.75, 3.05) is 20.2 Å². The highest BCUT2D eigenvalue weighted by Gasteiger charge is 2.43. The Morgan fingerprint density at radius 2 is 1.83 bits per heavy atom. The fourth-order valence-electron chi connectivity index (χ4n) is 2.93. The molecule has 126 valence electrons. The molecule has 1 aliphatic carbocycles. The van der Waals surface area contributed by atoms with Crippen molar-refractivity contribution >= 4 is 11.9 Å². The van der Waals surface area contributed by atoms with E-state index in [1.165, 1.54) is 18.2 Å². The summed E-state index contributed by atoms with van der Waals surface area (Å²) < 4.78 is 4.61. The molecule has 0 spiro atoms. The summed E-state index contributed by atoms with van der Waals surface area (Å²) >= 11 is 0. The molecule has 1 aliphatic rings. The molecule has 1 aromatic carbocycles. The Hall–Kier alpha value is -1.88. The van der Waals surface area contributed by atoms with Crippen molar-refractivity contribution in [2.45, 2.75) is 38.6 Å². The van der Waals surface area contributed by atoms with E-state index < -0.39 is 5.54 Å². The van der Waals surface area contributed by atoms with Gasteiger partial charge in [-0.25, -0.2) is 0 Å². The zero-order valence-corrected chi connectivity index (χ0v) is 14.1. The summed E-state index contributed by atoms with van der Waals surface area (Å²) in [7, 11) is 1.35. The van der Waals surface area contributed by atoms with E-state index in [9.17, 15) is 9.59 Å². The zero-order valence-electron chi connectivity index (χ0n) is 14.1. The lowest BCUT2D eigenvalue weighted by molar-refractivity contribution is -0.140. The van der Waals surface area contributed by atoms with Crippen LogP contribution in [-0.2, 0) is 27.2 Å². The van der Waals surface area contributed by atoms with Crippen LogP contribution >= 0.6 is 0 Å². The minimum absolute atomic E-state index is 0.0433. The third-order valence-electron chi connectivity index (χ3n) is 4.23. The average molecular weight is 318 g/mol. The van der Waals surface area contributed by atoms with Gasteiger partial charge in [-0.2, -0.15) is 0 Å². The van der Waals surface area contributed by atoms with Gasteiger partial charge in [0.2, 0.25) is 5.91 Å². The molecule has 0 radical (unpaired) electrons. The molecular formula is C18H26N2O3. The molecule has 0 unspecified atom stereocenters. The standard InChI is InChI=1S/C18H26N2O3/c1-13(2)12-20-18(17(22)19-9-8-16(21)23-3)10-14-6-4-5-7-15(14)11-18/h4-7,13,20H,8-12H2,1-3H3,(H,19,22). The van der Waals surface area contributed by atoms with E-state index in [1.807, 2.05) is 12.1 Å². The number of benzene rings is 1. The first-order valence-electron chi connectivity index (χ1n) is 8.14. The van der Waals surface area contributed by atoms with Gasteiger partial charge in [0, 0.05) is 19.4 Å². The van der Waals surface area contributed by atoms with Gasteiger partial charge in [-0.15, -0.1) is 0 Å². The lowest BCUT2D eigenvalue weighted by Crippen LogP contribution is -2.58. The number of hydrogen-bond donors (Lipinski definition) is 2. The quantitative estimate of drug-likeness (QED) is 0.747. The van der Waals surface area contributed by atoms with Crippen LogP contribution in [0.25, 0.3) is 0 Å². The molecule has 5 nitrogen and oxygen atoms in total. The maximum Gasteiger partial charge on any atom is 0.307 e. The molecule has 0 heterocycles. The maximum atomic E-state index is 12.8. The second kappa shape index (κ2) is 7.59. The Labute approximate surface area is 137 Å². The van der Waals surface area contributed by atoms with Crippen LogP contribution in [0.3, 0.4) is 0 Å². The molecule has 0 fully saturated rings. The number of fused-ring (bicyclic) bond motifs is 1. The van der Waals surface area contributed by atoms with E-state index in [0.717, 1.165) is 6.54 Å². The first-order valence-corrected chi connectivity index (χ1v) is 8.14. The topological polar surface area (TPSA) is 67.4 Å². The molecule has 2 rings (SSSR count). The molecule has 0 saturated heterocycles. The van der Waals surface area contributed by atoms with Gasteiger partial charge in [0.05, 0.1) is 13.5 Å². The van der Waals surface area contributed by atoms with Crippen LogP contribution in [0.2, 0.25) is 0 Å². The van der Waals surface area contributed by atoms with E-state index >= 15 is 0 Å². The van der Waals surface area contributed by atoms with Gasteiger partial charge in [0.25, 0.3) is 0 Å². The number of rotatable bonds is 7. The highest BCUT2D eigenvalue weighted by atomic mass is 16.5. The lowest BCUT2D eigenvalue weighted by Gasteiger charge is -2.30. The summed E-state index contributed by atoms with van der Waals surface area (Å²) in [6, 6.07) is 8.17. The molecule has 0 saturated carbocycles. The normalized spacial score (nSPS) is 15.3. The molecule has 5 heteroatoms. The van der Waals surface area contributed by atoms with Crippen molar-refractivity contribution < 1.29 is 14.3 Å². The van der Waals surface area contributed by atoms with E-state index in [-0.39, 0.29) is 18.3 Å². The molecule has 0 aromatic heterocycles. The van der Waals surface area contributed by atoms with Crippen molar-refractivity contribution in [1.82, 2.24) is 10.6 Å². The summed E-state index contributed by atoms with van der Waals surface area (Å²) in [6.07, 6.45) is 1.55. The number of ether oxygens (including phenoxy) is 1. The highest BCUT2D eigenvalue weighted by Crippen LogP contribution is 2.30. The van der Waals surface area contributed by atoms with Crippen LogP contribution in [-0.4, -0.2) is 37.6 Å². The summed E-state index contributed by atoms with van der Waals surface area (Å²) in [5, 5.41) is 6.35. The smallest absolute Gasteiger partial charge is 0.307 e. The Morgan fingerprint density at radius 1 is 1.22 bits per heavy atom. The summed E-state index contributed by atoms with van der Waals surface area (Å²) in [4.78, 5) is 24.0. The third kappa shape index (κ3) is 4.32. The number of amides is 1. The Morgan fingerprint density at radius 3 is 2.35 bits per heavy atom. The molecule has 1 aromatic rings. The van der Waals surface area contributed by atoms with Gasteiger partial charge < -0.3 is 15.4 Å². The minimum Gasteiger partial charge on any atom is -0.469 e. The molecule has 0 aliphatic heterocycles. The van der Waals surface area contributed by atoms with E-state index in [2.05, 4.69) is 41.4 Å². The predicted octanol–water partition coefficient (Wildman–Crippen LogP) is 1.45. The molecule has 2 N–H and O–H groups in total. The Balaban J connectivity index is 2.06. The first kappa shape index (κ1) is 17.5. The number of methoxy groups -OCH3 is 1. The third-order valence-corrected chi connectivity index (χ3v) is 4.23. The van der Waals surface area contributed by atoms with E-state index in [0.29, 0.717) is 25.3 Å². The van der Waals surface area contributed by atoms with Crippen molar-refractivity contribution in [3.63, 3.8) is 0 Å². The van der Waals surface area contributed by atoms with Gasteiger partial charge in [-0.1, -0.05) is 38.1 Å². The second-order valence-corrected chi connectivity index (χ2v) is 6.56. The molecule has 0 atom stereocenters. The molecule has 0 bridgehead atoms. The largest absolute Gasteiger partial charge is 0.469 e.